The van der Waals surface area contributed by atoms with E-state index in [1.807, 2.05) is 0 Å². The van der Waals surface area contributed by atoms with Gasteiger partial charge in [-0.15, -0.1) is 0 Å². The van der Waals surface area contributed by atoms with E-state index in [9.17, 15) is 21.6 Å². The number of methoxy groups -OCH3 is 1. The van der Waals surface area contributed by atoms with Crippen LogP contribution in [0.4, 0.5) is 0 Å². The summed E-state index contributed by atoms with van der Waals surface area (Å²) in [6.07, 6.45) is 0. The highest BCUT2D eigenvalue weighted by Crippen LogP contribution is 2.19. The summed E-state index contributed by atoms with van der Waals surface area (Å²) in [4.78, 5) is 10.9. The van der Waals surface area contributed by atoms with Crippen LogP contribution in [-0.2, 0) is 29.2 Å². The number of rotatable bonds is 1. The molecule has 0 spiro atoms. The van der Waals surface area contributed by atoms with E-state index in [1.165, 1.54) is 0 Å². The maximum absolute atomic E-state index is 11.1. The molecule has 6 nitrogen and oxygen atoms in total. The molecule has 0 aliphatic carbocycles. The van der Waals surface area contributed by atoms with Crippen molar-refractivity contribution in [2.75, 3.05) is 17.9 Å². The number of sulfone groups is 2. The van der Waals surface area contributed by atoms with Crippen LogP contribution in [0, 0.1) is 0 Å². The zero-order valence-electron chi connectivity index (χ0n) is 6.76. The van der Waals surface area contributed by atoms with Gasteiger partial charge in [0.25, 0.3) is 0 Å². The van der Waals surface area contributed by atoms with Crippen LogP contribution in [0.3, 0.4) is 0 Å². The van der Waals surface area contributed by atoms with Gasteiger partial charge in [0.15, 0.2) is 30.0 Å². The van der Waals surface area contributed by atoms with Crippen molar-refractivity contribution in [3.8, 4) is 0 Å². The van der Waals surface area contributed by atoms with Gasteiger partial charge in [0.2, 0.25) is 0 Å². The first-order valence-corrected chi connectivity index (χ1v) is 6.82. The molecule has 0 bridgehead atoms. The Labute approximate surface area is 75.7 Å². The quantitative estimate of drug-likeness (QED) is 0.498. The molecule has 0 saturated carbocycles. The Hall–Kier alpha value is -0.630. The fourth-order valence-electron chi connectivity index (χ4n) is 1.06. The van der Waals surface area contributed by atoms with Crippen molar-refractivity contribution in [1.29, 1.82) is 0 Å². The molecular formula is C5H8O6S2. The molecule has 76 valence electrons. The Morgan fingerprint density at radius 2 is 1.85 bits per heavy atom. The molecule has 1 atom stereocenters. The molecule has 0 aromatic carbocycles. The highest BCUT2D eigenvalue weighted by Gasteiger charge is 2.46. The predicted molar refractivity (Wildman–Crippen MR) is 43.4 cm³/mol. The van der Waals surface area contributed by atoms with Crippen LogP contribution in [0.1, 0.15) is 0 Å². The smallest absolute Gasteiger partial charge is 0.325 e. The van der Waals surface area contributed by atoms with E-state index in [2.05, 4.69) is 4.74 Å². The monoisotopic (exact) mass is 228 g/mol. The molecule has 1 aliphatic rings. The Balaban J connectivity index is 3.10. The van der Waals surface area contributed by atoms with E-state index in [4.69, 9.17) is 0 Å². The fraction of sp³-hybridized carbons (Fsp3) is 0.800. The van der Waals surface area contributed by atoms with Gasteiger partial charge < -0.3 is 4.74 Å². The van der Waals surface area contributed by atoms with E-state index < -0.39 is 41.7 Å². The molecule has 1 aliphatic heterocycles. The molecule has 1 unspecified atom stereocenters. The Kier molecular flexibility index (Phi) is 2.37. The Morgan fingerprint density at radius 1 is 1.31 bits per heavy atom. The molecule has 1 saturated heterocycles. The number of hydrogen-bond acceptors (Lipinski definition) is 6. The predicted octanol–water partition coefficient (Wildman–Crippen LogP) is -1.67. The minimum absolute atomic E-state index is 0.665. The van der Waals surface area contributed by atoms with Crippen molar-refractivity contribution in [1.82, 2.24) is 0 Å². The first-order valence-electron chi connectivity index (χ1n) is 3.28. The number of carbonyl (C=O) groups is 1. The topological polar surface area (TPSA) is 94.6 Å². The van der Waals surface area contributed by atoms with Crippen LogP contribution >= 0.6 is 0 Å². The number of carbonyl (C=O) groups excluding carboxylic acids is 1. The highest BCUT2D eigenvalue weighted by molar-refractivity contribution is 8.12. The van der Waals surface area contributed by atoms with E-state index in [-0.39, 0.29) is 0 Å². The maximum Gasteiger partial charge on any atom is 0.325 e. The van der Waals surface area contributed by atoms with Gasteiger partial charge in [-0.25, -0.2) is 16.8 Å². The van der Waals surface area contributed by atoms with Gasteiger partial charge in [0.1, 0.15) is 0 Å². The summed E-state index contributed by atoms with van der Waals surface area (Å²) in [6.45, 7) is 0. The summed E-state index contributed by atoms with van der Waals surface area (Å²) in [5, 5.41) is -2.50. The van der Waals surface area contributed by atoms with E-state index in [0.717, 1.165) is 7.11 Å². The minimum atomic E-state index is -3.87. The number of ether oxygens (including phenoxy) is 1. The molecule has 0 N–H and O–H groups in total. The van der Waals surface area contributed by atoms with Crippen molar-refractivity contribution in [2.45, 2.75) is 5.25 Å². The normalized spacial score (nSPS) is 29.8. The zero-order valence-corrected chi connectivity index (χ0v) is 8.39. The molecule has 1 heterocycles. The van der Waals surface area contributed by atoms with Crippen molar-refractivity contribution in [3.63, 3.8) is 0 Å². The van der Waals surface area contributed by atoms with Crippen LogP contribution in [-0.4, -0.2) is 46.0 Å². The lowest BCUT2D eigenvalue weighted by Gasteiger charge is -2.03. The molecule has 0 aromatic rings. The van der Waals surface area contributed by atoms with Crippen LogP contribution in [0.2, 0.25) is 0 Å². The van der Waals surface area contributed by atoms with Gasteiger partial charge >= 0.3 is 5.97 Å². The number of esters is 1. The molecule has 0 radical (unpaired) electrons. The minimum Gasteiger partial charge on any atom is -0.468 e. The van der Waals surface area contributed by atoms with Crippen molar-refractivity contribution in [2.24, 2.45) is 0 Å². The van der Waals surface area contributed by atoms with E-state index in [0.29, 0.717) is 0 Å². The first-order chi connectivity index (χ1) is 5.78. The lowest BCUT2D eigenvalue weighted by molar-refractivity contribution is -0.139. The summed E-state index contributed by atoms with van der Waals surface area (Å²) in [6, 6.07) is 0. The molecule has 1 fully saturated rings. The second-order valence-corrected chi connectivity index (χ2v) is 7.36. The molecule has 13 heavy (non-hydrogen) atoms. The standard InChI is InChI=1S/C5H8O6S2/c1-11-5(6)4-2-12(7,8)3-13(4,9)10/h4H,2-3H2,1H3. The average molecular weight is 228 g/mol. The zero-order chi connectivity index (χ0) is 10.3. The van der Waals surface area contributed by atoms with Crippen LogP contribution in [0.15, 0.2) is 0 Å². The van der Waals surface area contributed by atoms with Gasteiger partial charge in [-0.1, -0.05) is 0 Å². The summed E-state index contributed by atoms with van der Waals surface area (Å²) >= 11 is 0. The fourth-order valence-corrected chi connectivity index (χ4v) is 6.54. The summed E-state index contributed by atoms with van der Waals surface area (Å²) in [5.74, 6) is -1.68. The molecule has 8 heteroatoms. The van der Waals surface area contributed by atoms with Crippen LogP contribution < -0.4 is 0 Å². The van der Waals surface area contributed by atoms with Crippen molar-refractivity contribution >= 4 is 25.6 Å². The maximum atomic E-state index is 11.1. The third kappa shape index (κ3) is 1.99. The molecule has 0 aromatic heterocycles. The van der Waals surface area contributed by atoms with Crippen LogP contribution in [0.25, 0.3) is 0 Å². The summed E-state index contributed by atoms with van der Waals surface area (Å²) in [7, 11) is -6.50. The van der Waals surface area contributed by atoms with Crippen molar-refractivity contribution < 1.29 is 26.4 Å². The molecular weight excluding hydrogens is 220 g/mol. The molecule has 0 amide bonds. The van der Waals surface area contributed by atoms with Gasteiger partial charge in [-0.3, -0.25) is 4.79 Å². The van der Waals surface area contributed by atoms with Gasteiger partial charge in [-0.05, 0) is 0 Å². The Bertz CT molecular complexity index is 416. The van der Waals surface area contributed by atoms with E-state index >= 15 is 0 Å². The van der Waals surface area contributed by atoms with Gasteiger partial charge in [0.05, 0.1) is 12.9 Å². The second kappa shape index (κ2) is 2.95. The Morgan fingerprint density at radius 3 is 2.15 bits per heavy atom. The van der Waals surface area contributed by atoms with E-state index in [1.54, 1.807) is 0 Å². The lowest BCUT2D eigenvalue weighted by Crippen LogP contribution is -2.29. The van der Waals surface area contributed by atoms with Crippen LogP contribution in [0.5, 0.6) is 0 Å². The van der Waals surface area contributed by atoms with Gasteiger partial charge in [0, 0.05) is 0 Å². The number of hydrogen-bond donors (Lipinski definition) is 0. The SMILES string of the molecule is COC(=O)C1CS(=O)(=O)CS1(=O)=O. The summed E-state index contributed by atoms with van der Waals surface area (Å²) < 4.78 is 48.2. The highest BCUT2D eigenvalue weighted by atomic mass is 32.3. The van der Waals surface area contributed by atoms with Crippen molar-refractivity contribution in [3.05, 3.63) is 0 Å². The third-order valence-corrected chi connectivity index (χ3v) is 6.68. The van der Waals surface area contributed by atoms with Gasteiger partial charge in [-0.2, -0.15) is 0 Å². The lowest BCUT2D eigenvalue weighted by atomic mass is 10.5. The summed E-state index contributed by atoms with van der Waals surface area (Å²) in [5.41, 5.74) is 0. The first kappa shape index (κ1) is 10.5. The average Bonchev–Trinajstić information content (AvgIpc) is 2.17. The molecule has 1 rings (SSSR count). The third-order valence-electron chi connectivity index (χ3n) is 1.65. The largest absolute Gasteiger partial charge is 0.468 e. The second-order valence-electron chi connectivity index (χ2n) is 2.70.